The van der Waals surface area contributed by atoms with E-state index in [0.717, 1.165) is 37.6 Å². The number of carboxylic acids is 1. The predicted molar refractivity (Wildman–Crippen MR) is 195 cm³/mol. The Hall–Kier alpha value is -5.65. The minimum absolute atomic E-state index is 0.300. The van der Waals surface area contributed by atoms with Crippen molar-refractivity contribution >= 4 is 45.7 Å². The van der Waals surface area contributed by atoms with Crippen LogP contribution in [-0.4, -0.2) is 146 Å². The Balaban J connectivity index is 0.000000426. The van der Waals surface area contributed by atoms with Gasteiger partial charge in [0, 0.05) is 37.6 Å². The monoisotopic (exact) mass is 818 g/mol. The zero-order valence-corrected chi connectivity index (χ0v) is 31.4. The third-order valence-corrected chi connectivity index (χ3v) is 7.62. The number of cyclic esters (lactones) is 2. The van der Waals surface area contributed by atoms with Gasteiger partial charge in [0.05, 0.1) is 17.7 Å². The minimum atomic E-state index is -4.67. The van der Waals surface area contributed by atoms with Gasteiger partial charge in [0.2, 0.25) is 11.5 Å². The predicted octanol–water partition coefficient (Wildman–Crippen LogP) is 1.47. The van der Waals surface area contributed by atoms with E-state index in [4.69, 9.17) is 47.8 Å². The summed E-state index contributed by atoms with van der Waals surface area (Å²) in [5, 5.41) is 72.3. The highest BCUT2D eigenvalue weighted by Gasteiger charge is 2.40. The first-order valence-electron chi connectivity index (χ1n) is 16.6. The summed E-state index contributed by atoms with van der Waals surface area (Å²) < 4.78 is 45.5. The lowest BCUT2D eigenvalue weighted by Gasteiger charge is -2.21. The Morgan fingerprint density at radius 2 is 1.04 bits per heavy atom. The fraction of sp³-hybridized carbons (Fsp3) is 0.412. The van der Waals surface area contributed by atoms with Crippen LogP contribution in [0.15, 0.2) is 71.6 Å². The smallest absolute Gasteiger partial charge is 0.394 e. The fourth-order valence-electron chi connectivity index (χ4n) is 4.68. The quantitative estimate of drug-likeness (QED) is 0.0777. The first-order chi connectivity index (χ1) is 26.1. The van der Waals surface area contributed by atoms with Gasteiger partial charge in [0.15, 0.2) is 23.7 Å². The summed E-state index contributed by atoms with van der Waals surface area (Å²) in [6, 6.07) is 13.8. The number of aliphatic hydroxyl groups excluding tert-OH is 7. The average molecular weight is 819 g/mol. The SMILES string of the molecule is CCN(CC)c1ccc(C(=O)O)cc1.CCN(CC)c1ccc(C(=O)OCC(O)C2OC(=O)C(O)=C2O)cc1.O=C1OC(C(O)CO)C(O)=C1O.O=S(=O)(O)O. The second-order valence-corrected chi connectivity index (χ2v) is 12.1. The lowest BCUT2D eigenvalue weighted by Crippen LogP contribution is -2.33. The van der Waals surface area contributed by atoms with Crippen molar-refractivity contribution in [2.24, 2.45) is 0 Å². The summed E-state index contributed by atoms with van der Waals surface area (Å²) in [7, 11) is -4.67. The largest absolute Gasteiger partial charge is 0.505 e. The van der Waals surface area contributed by atoms with Gasteiger partial charge in [0.25, 0.3) is 0 Å². The molecule has 0 bridgehead atoms. The summed E-state index contributed by atoms with van der Waals surface area (Å²) in [5.41, 5.74) is 2.68. The van der Waals surface area contributed by atoms with E-state index in [0.29, 0.717) is 11.1 Å². The number of carbonyl (C=O) groups excluding carboxylic acids is 3. The van der Waals surface area contributed by atoms with E-state index in [1.807, 2.05) is 26.0 Å². The maximum Gasteiger partial charge on any atom is 0.394 e. The van der Waals surface area contributed by atoms with Crippen molar-refractivity contribution in [1.82, 2.24) is 0 Å². The van der Waals surface area contributed by atoms with Crippen molar-refractivity contribution in [3.63, 3.8) is 0 Å². The molecule has 312 valence electrons. The molecule has 0 radical (unpaired) electrons. The number of carbonyl (C=O) groups is 4. The number of benzene rings is 2. The summed E-state index contributed by atoms with van der Waals surface area (Å²) in [6.07, 6.45) is -5.72. The van der Waals surface area contributed by atoms with Crippen molar-refractivity contribution < 1.29 is 91.8 Å². The molecule has 2 aromatic rings. The fourth-order valence-corrected chi connectivity index (χ4v) is 4.68. The minimum Gasteiger partial charge on any atom is -0.505 e. The molecular formula is C34H46N2O19S. The molecule has 0 fully saturated rings. The number of anilines is 2. The Labute approximate surface area is 321 Å². The lowest BCUT2D eigenvalue weighted by atomic mass is 10.1. The highest BCUT2D eigenvalue weighted by atomic mass is 32.3. The molecule has 4 rings (SSSR count). The van der Waals surface area contributed by atoms with Crippen molar-refractivity contribution in [3.8, 4) is 0 Å². The van der Waals surface area contributed by atoms with Crippen molar-refractivity contribution in [2.75, 3.05) is 49.2 Å². The molecule has 56 heavy (non-hydrogen) atoms. The summed E-state index contributed by atoms with van der Waals surface area (Å²) in [4.78, 5) is 48.5. The Morgan fingerprint density at radius 3 is 1.32 bits per heavy atom. The Kier molecular flexibility index (Phi) is 19.6. The van der Waals surface area contributed by atoms with Crippen molar-refractivity contribution in [3.05, 3.63) is 82.7 Å². The van der Waals surface area contributed by atoms with Crippen LogP contribution in [0.4, 0.5) is 11.4 Å². The second-order valence-electron chi connectivity index (χ2n) is 11.2. The van der Waals surface area contributed by atoms with Crippen LogP contribution in [0.1, 0.15) is 48.4 Å². The van der Waals surface area contributed by atoms with E-state index in [-0.39, 0.29) is 0 Å². The van der Waals surface area contributed by atoms with Crippen LogP contribution >= 0.6 is 0 Å². The molecule has 21 nitrogen and oxygen atoms in total. The molecule has 0 amide bonds. The van der Waals surface area contributed by atoms with Gasteiger partial charge in [-0.05, 0) is 76.2 Å². The molecule has 0 aromatic heterocycles. The van der Waals surface area contributed by atoms with Crippen molar-refractivity contribution in [1.29, 1.82) is 0 Å². The first-order valence-corrected chi connectivity index (χ1v) is 18.0. The molecule has 0 saturated heterocycles. The van der Waals surface area contributed by atoms with Crippen LogP contribution in [0.5, 0.6) is 0 Å². The Morgan fingerprint density at radius 1 is 0.696 bits per heavy atom. The van der Waals surface area contributed by atoms with E-state index in [1.165, 1.54) is 0 Å². The van der Waals surface area contributed by atoms with Crippen molar-refractivity contribution in [2.45, 2.75) is 52.1 Å². The lowest BCUT2D eigenvalue weighted by molar-refractivity contribution is -0.148. The molecular weight excluding hydrogens is 772 g/mol. The number of nitrogens with zero attached hydrogens (tertiary/aromatic N) is 2. The van der Waals surface area contributed by atoms with Gasteiger partial charge in [-0.1, -0.05) is 0 Å². The highest BCUT2D eigenvalue weighted by molar-refractivity contribution is 7.79. The third kappa shape index (κ3) is 14.9. The molecule has 0 saturated carbocycles. The number of rotatable bonds is 13. The molecule has 2 aliphatic heterocycles. The van der Waals surface area contributed by atoms with E-state index < -0.39 is 94.9 Å². The van der Waals surface area contributed by atoms with Crippen LogP contribution in [0.3, 0.4) is 0 Å². The number of hydrogen-bond acceptors (Lipinski definition) is 18. The molecule has 4 unspecified atom stereocenters. The van der Waals surface area contributed by atoms with E-state index >= 15 is 0 Å². The molecule has 10 N–H and O–H groups in total. The Bertz CT molecular complexity index is 1780. The van der Waals surface area contributed by atoms with Crippen LogP contribution in [0.25, 0.3) is 0 Å². The van der Waals surface area contributed by atoms with Gasteiger partial charge < -0.3 is 64.9 Å². The molecule has 0 aliphatic carbocycles. The third-order valence-electron chi connectivity index (χ3n) is 7.62. The van der Waals surface area contributed by atoms with Crippen LogP contribution in [-0.2, 0) is 34.2 Å². The second kappa shape index (κ2) is 22.7. The van der Waals surface area contributed by atoms with Gasteiger partial charge in [0.1, 0.15) is 18.8 Å². The van der Waals surface area contributed by atoms with Gasteiger partial charge in [-0.3, -0.25) is 9.11 Å². The molecule has 22 heteroatoms. The van der Waals surface area contributed by atoms with Crippen LogP contribution in [0.2, 0.25) is 0 Å². The average Bonchev–Trinajstić information content (AvgIpc) is 3.58. The number of ether oxygens (including phenoxy) is 3. The van der Waals surface area contributed by atoms with Crippen LogP contribution < -0.4 is 9.80 Å². The van der Waals surface area contributed by atoms with Gasteiger partial charge in [-0.15, -0.1) is 0 Å². The van der Waals surface area contributed by atoms with Gasteiger partial charge in [-0.25, -0.2) is 19.2 Å². The molecule has 2 aromatic carbocycles. The summed E-state index contributed by atoms with van der Waals surface area (Å²) in [5.74, 6) is -7.20. The maximum atomic E-state index is 12.0. The molecule has 2 heterocycles. The molecule has 4 atom stereocenters. The topological polar surface area (TPSA) is 339 Å². The zero-order valence-electron chi connectivity index (χ0n) is 30.6. The van der Waals surface area contributed by atoms with E-state index in [2.05, 4.69) is 33.1 Å². The standard InChI is InChI=1S/C17H21NO7.C11H15NO2.C6H8O6.H2O4S/c1-3-18(4-2)11-7-5-10(6-8-11)16(22)24-9-12(19)15-13(20)14(21)17(23)25-15;1-3-12(4-2)10-7-5-9(6-8-10)11(13)14;7-1-2(8)5-3(9)4(10)6(11)12-5;1-5(2,3)4/h5-8,12,15,19-21H,3-4,9H2,1-2H3;5-8H,3-4H2,1-2H3,(H,13,14);2,5,7-10H,1H2;(H2,1,2,3,4). The maximum absolute atomic E-state index is 12.0. The summed E-state index contributed by atoms with van der Waals surface area (Å²) in [6.45, 7) is 10.6. The van der Waals surface area contributed by atoms with Gasteiger partial charge >= 0.3 is 34.3 Å². The highest BCUT2D eigenvalue weighted by Crippen LogP contribution is 2.23. The number of esters is 3. The number of carboxylic acid groups (broad SMARTS) is 1. The number of aliphatic hydroxyl groups is 7. The first kappa shape index (κ1) is 48.4. The zero-order chi connectivity index (χ0) is 42.9. The van der Waals surface area contributed by atoms with E-state index in [9.17, 15) is 34.5 Å². The van der Waals surface area contributed by atoms with Gasteiger partial charge in [-0.2, -0.15) is 8.42 Å². The number of aromatic carboxylic acids is 1. The normalized spacial score (nSPS) is 17.1. The summed E-state index contributed by atoms with van der Waals surface area (Å²) >= 11 is 0. The number of hydrogen-bond donors (Lipinski definition) is 10. The molecule has 2 aliphatic rings. The van der Waals surface area contributed by atoms with Crippen LogP contribution in [0, 0.1) is 0 Å². The molecule has 0 spiro atoms. The van der Waals surface area contributed by atoms with E-state index in [1.54, 1.807) is 36.4 Å².